The minimum Gasteiger partial charge on any atom is -0.465 e. The number of methoxy groups -OCH3 is 1. The molecular formula is C11H13BrO2S. The Hall–Kier alpha value is -0.610. The Morgan fingerprint density at radius 2 is 2.33 bits per heavy atom. The maximum absolute atomic E-state index is 11.3. The van der Waals surface area contributed by atoms with Gasteiger partial charge in [0.05, 0.1) is 7.11 Å². The summed E-state index contributed by atoms with van der Waals surface area (Å²) < 4.78 is 5.74. The summed E-state index contributed by atoms with van der Waals surface area (Å²) in [7, 11) is 1.40. The lowest BCUT2D eigenvalue weighted by atomic mass is 10.2. The van der Waals surface area contributed by atoms with E-state index in [-0.39, 0.29) is 5.97 Å². The van der Waals surface area contributed by atoms with E-state index in [4.69, 9.17) is 4.74 Å². The van der Waals surface area contributed by atoms with Crippen LogP contribution in [0.1, 0.15) is 34.0 Å². The highest BCUT2D eigenvalue weighted by Crippen LogP contribution is 2.27. The monoisotopic (exact) mass is 288 g/mol. The van der Waals surface area contributed by atoms with Gasteiger partial charge in [-0.05, 0) is 35.5 Å². The topological polar surface area (TPSA) is 26.3 Å². The zero-order chi connectivity index (χ0) is 11.4. The summed E-state index contributed by atoms with van der Waals surface area (Å²) in [4.78, 5) is 13.1. The lowest BCUT2D eigenvalue weighted by molar-refractivity contribution is 0.0606. The van der Waals surface area contributed by atoms with E-state index in [2.05, 4.69) is 22.9 Å². The zero-order valence-corrected chi connectivity index (χ0v) is 11.4. The van der Waals surface area contributed by atoms with Gasteiger partial charge in [-0.3, -0.25) is 0 Å². The molecule has 82 valence electrons. The van der Waals surface area contributed by atoms with Crippen molar-refractivity contribution in [1.29, 1.82) is 0 Å². The number of allylic oxidation sites excluding steroid dienone is 1. The number of rotatable bonds is 3. The maximum Gasteiger partial charge on any atom is 0.348 e. The van der Waals surface area contributed by atoms with Crippen molar-refractivity contribution in [2.75, 3.05) is 7.11 Å². The Bertz CT molecular complexity index is 389. The molecule has 0 saturated heterocycles. The number of esters is 1. The van der Waals surface area contributed by atoms with Crippen molar-refractivity contribution in [1.82, 2.24) is 0 Å². The van der Waals surface area contributed by atoms with E-state index in [0.29, 0.717) is 4.88 Å². The normalized spacial score (nSPS) is 11.6. The second-order valence-corrected chi connectivity index (χ2v) is 5.41. The van der Waals surface area contributed by atoms with Gasteiger partial charge in [0.25, 0.3) is 0 Å². The Labute approximate surface area is 102 Å². The second-order valence-electron chi connectivity index (χ2n) is 3.08. The summed E-state index contributed by atoms with van der Waals surface area (Å²) >= 11 is 4.85. The van der Waals surface area contributed by atoms with Gasteiger partial charge in [-0.2, -0.15) is 0 Å². The van der Waals surface area contributed by atoms with Gasteiger partial charge in [-0.15, -0.1) is 11.3 Å². The summed E-state index contributed by atoms with van der Waals surface area (Å²) in [5, 5.41) is 0. The van der Waals surface area contributed by atoms with Gasteiger partial charge in [-0.25, -0.2) is 4.79 Å². The standard InChI is InChI=1S/C11H13BrO2S/c1-4-8-6-10(11(13)14-3)15-9(8)5-7(2)12/h5-6H,4H2,1-3H3/b7-5+. The molecule has 0 aliphatic rings. The second kappa shape index (κ2) is 5.47. The highest BCUT2D eigenvalue weighted by molar-refractivity contribution is 9.11. The van der Waals surface area contributed by atoms with Gasteiger partial charge in [0.1, 0.15) is 4.88 Å². The molecule has 0 radical (unpaired) electrons. The predicted octanol–water partition coefficient (Wildman–Crippen LogP) is 3.85. The Morgan fingerprint density at radius 3 is 2.80 bits per heavy atom. The minimum absolute atomic E-state index is 0.262. The predicted molar refractivity (Wildman–Crippen MR) is 67.6 cm³/mol. The summed E-state index contributed by atoms with van der Waals surface area (Å²) in [6, 6.07) is 1.90. The summed E-state index contributed by atoms with van der Waals surface area (Å²) in [6.45, 7) is 4.04. The fourth-order valence-electron chi connectivity index (χ4n) is 1.22. The Balaban J connectivity index is 3.11. The zero-order valence-electron chi connectivity index (χ0n) is 8.96. The number of aryl methyl sites for hydroxylation is 1. The molecule has 1 aromatic heterocycles. The van der Waals surface area contributed by atoms with Crippen molar-refractivity contribution in [3.63, 3.8) is 0 Å². The summed E-state index contributed by atoms with van der Waals surface area (Å²) in [5.41, 5.74) is 1.18. The number of thiophene rings is 1. The molecule has 0 amide bonds. The SMILES string of the molecule is CCc1cc(C(=O)OC)sc1/C=C(\C)Br. The molecule has 1 aromatic rings. The Kier molecular flexibility index (Phi) is 4.54. The van der Waals surface area contributed by atoms with Gasteiger partial charge in [0, 0.05) is 4.88 Å². The average molecular weight is 289 g/mol. The van der Waals surface area contributed by atoms with E-state index in [9.17, 15) is 4.79 Å². The molecule has 0 saturated carbocycles. The van der Waals surface area contributed by atoms with Crippen molar-refractivity contribution < 1.29 is 9.53 Å². The average Bonchev–Trinajstić information content (AvgIpc) is 2.59. The van der Waals surface area contributed by atoms with E-state index >= 15 is 0 Å². The third-order valence-electron chi connectivity index (χ3n) is 1.94. The van der Waals surface area contributed by atoms with E-state index < -0.39 is 0 Å². The largest absolute Gasteiger partial charge is 0.465 e. The van der Waals surface area contributed by atoms with Crippen molar-refractivity contribution in [3.8, 4) is 0 Å². The molecule has 0 aliphatic heterocycles. The van der Waals surface area contributed by atoms with Crippen LogP contribution in [0, 0.1) is 0 Å². The molecule has 0 atom stereocenters. The fourth-order valence-corrected chi connectivity index (χ4v) is 2.78. The third-order valence-corrected chi connectivity index (χ3v) is 3.27. The van der Waals surface area contributed by atoms with Crippen LogP contribution in [0.25, 0.3) is 6.08 Å². The van der Waals surface area contributed by atoms with Gasteiger partial charge in [-0.1, -0.05) is 22.9 Å². The summed E-state index contributed by atoms with van der Waals surface area (Å²) in [6.07, 6.45) is 2.94. The van der Waals surface area contributed by atoms with Crippen LogP contribution in [0.2, 0.25) is 0 Å². The van der Waals surface area contributed by atoms with Gasteiger partial charge in [0.15, 0.2) is 0 Å². The first-order valence-electron chi connectivity index (χ1n) is 4.63. The van der Waals surface area contributed by atoms with Crippen molar-refractivity contribution >= 4 is 39.3 Å². The van der Waals surface area contributed by atoms with Crippen LogP contribution < -0.4 is 0 Å². The van der Waals surface area contributed by atoms with Crippen LogP contribution in [0.15, 0.2) is 10.5 Å². The molecule has 2 nitrogen and oxygen atoms in total. The molecule has 1 rings (SSSR count). The quantitative estimate of drug-likeness (QED) is 0.790. The number of carbonyl (C=O) groups excluding carboxylic acids is 1. The van der Waals surface area contributed by atoms with E-state index in [0.717, 1.165) is 15.8 Å². The van der Waals surface area contributed by atoms with Crippen LogP contribution in [-0.2, 0) is 11.2 Å². The number of hydrogen-bond acceptors (Lipinski definition) is 3. The molecular weight excluding hydrogens is 276 g/mol. The summed E-state index contributed by atoms with van der Waals surface area (Å²) in [5.74, 6) is -0.262. The van der Waals surface area contributed by atoms with E-state index in [1.807, 2.05) is 19.1 Å². The maximum atomic E-state index is 11.3. The van der Waals surface area contributed by atoms with Gasteiger partial charge in [0.2, 0.25) is 0 Å². The van der Waals surface area contributed by atoms with Crippen LogP contribution in [0.5, 0.6) is 0 Å². The highest BCUT2D eigenvalue weighted by atomic mass is 79.9. The first-order valence-corrected chi connectivity index (χ1v) is 6.24. The van der Waals surface area contributed by atoms with Gasteiger partial charge < -0.3 is 4.74 Å². The van der Waals surface area contributed by atoms with E-state index in [1.54, 1.807) is 0 Å². The lowest BCUT2D eigenvalue weighted by Gasteiger charge is -1.93. The van der Waals surface area contributed by atoms with Crippen molar-refractivity contribution in [2.45, 2.75) is 20.3 Å². The Morgan fingerprint density at radius 1 is 1.67 bits per heavy atom. The number of halogens is 1. The first-order chi connectivity index (χ1) is 7.08. The number of carbonyl (C=O) groups is 1. The number of hydrogen-bond donors (Lipinski definition) is 0. The first kappa shape index (κ1) is 12.5. The van der Waals surface area contributed by atoms with E-state index in [1.165, 1.54) is 24.0 Å². The smallest absolute Gasteiger partial charge is 0.348 e. The molecule has 0 unspecified atom stereocenters. The van der Waals surface area contributed by atoms with Crippen LogP contribution in [0.3, 0.4) is 0 Å². The molecule has 0 bridgehead atoms. The lowest BCUT2D eigenvalue weighted by Crippen LogP contribution is -1.96. The van der Waals surface area contributed by atoms with Crippen LogP contribution in [-0.4, -0.2) is 13.1 Å². The molecule has 15 heavy (non-hydrogen) atoms. The van der Waals surface area contributed by atoms with Crippen LogP contribution >= 0.6 is 27.3 Å². The fraction of sp³-hybridized carbons (Fsp3) is 0.364. The molecule has 0 fully saturated rings. The molecule has 0 N–H and O–H groups in total. The third kappa shape index (κ3) is 3.18. The molecule has 0 aromatic carbocycles. The highest BCUT2D eigenvalue weighted by Gasteiger charge is 2.12. The molecule has 0 aliphatic carbocycles. The number of ether oxygens (including phenoxy) is 1. The molecule has 0 spiro atoms. The van der Waals surface area contributed by atoms with Gasteiger partial charge >= 0.3 is 5.97 Å². The van der Waals surface area contributed by atoms with Crippen molar-refractivity contribution in [3.05, 3.63) is 25.9 Å². The minimum atomic E-state index is -0.262. The molecule has 1 heterocycles. The van der Waals surface area contributed by atoms with Crippen molar-refractivity contribution in [2.24, 2.45) is 0 Å². The molecule has 4 heteroatoms. The van der Waals surface area contributed by atoms with Crippen LogP contribution in [0.4, 0.5) is 0 Å².